The summed E-state index contributed by atoms with van der Waals surface area (Å²) in [4.78, 5) is 16.9. The molecule has 32 heavy (non-hydrogen) atoms. The van der Waals surface area contributed by atoms with Crippen LogP contribution in [0.2, 0.25) is 0 Å². The van der Waals surface area contributed by atoms with Gasteiger partial charge in [0.2, 0.25) is 0 Å². The van der Waals surface area contributed by atoms with Crippen molar-refractivity contribution in [1.29, 1.82) is 5.26 Å². The number of aromatic nitrogens is 1. The van der Waals surface area contributed by atoms with E-state index >= 15 is 0 Å². The van der Waals surface area contributed by atoms with Gasteiger partial charge >= 0.3 is 5.97 Å². The average Bonchev–Trinajstić information content (AvgIpc) is 3.37. The van der Waals surface area contributed by atoms with E-state index < -0.39 is 5.97 Å². The van der Waals surface area contributed by atoms with Gasteiger partial charge in [0.15, 0.2) is 0 Å². The number of carbonyl (C=O) groups is 1. The van der Waals surface area contributed by atoms with Gasteiger partial charge in [-0.05, 0) is 52.9 Å². The van der Waals surface area contributed by atoms with Gasteiger partial charge in [-0.3, -0.25) is 0 Å². The SMILES string of the molecule is COc1ccc(-c2cc(-c3cccs3)nc(SCc3ccc(C(=O)O)cc3)c2C#N)cc1. The van der Waals surface area contributed by atoms with Crippen molar-refractivity contribution in [3.05, 3.63) is 88.8 Å². The van der Waals surface area contributed by atoms with Crippen LogP contribution in [0.25, 0.3) is 21.7 Å². The summed E-state index contributed by atoms with van der Waals surface area (Å²) in [5.41, 5.74) is 4.26. The molecule has 7 heteroatoms. The van der Waals surface area contributed by atoms with Crippen LogP contribution in [0.15, 0.2) is 77.1 Å². The Hall–Kier alpha value is -3.60. The van der Waals surface area contributed by atoms with Crippen LogP contribution in [0.3, 0.4) is 0 Å². The number of aromatic carboxylic acids is 1. The monoisotopic (exact) mass is 458 g/mol. The van der Waals surface area contributed by atoms with Crippen molar-refractivity contribution >= 4 is 29.1 Å². The smallest absolute Gasteiger partial charge is 0.335 e. The molecule has 0 aliphatic rings. The van der Waals surface area contributed by atoms with Gasteiger partial charge in [-0.2, -0.15) is 5.26 Å². The van der Waals surface area contributed by atoms with Crippen molar-refractivity contribution in [2.24, 2.45) is 0 Å². The minimum Gasteiger partial charge on any atom is -0.497 e. The molecule has 0 bridgehead atoms. The Kier molecular flexibility index (Phi) is 6.55. The highest BCUT2D eigenvalue weighted by Crippen LogP contribution is 2.36. The van der Waals surface area contributed by atoms with Crippen LogP contribution in [0.1, 0.15) is 21.5 Å². The molecule has 0 radical (unpaired) electrons. The Balaban J connectivity index is 1.73. The van der Waals surface area contributed by atoms with Gasteiger partial charge in [-0.25, -0.2) is 9.78 Å². The quantitative estimate of drug-likeness (QED) is 0.325. The highest BCUT2D eigenvalue weighted by Gasteiger charge is 2.17. The number of hydrogen-bond acceptors (Lipinski definition) is 6. The third kappa shape index (κ3) is 4.67. The van der Waals surface area contributed by atoms with Gasteiger partial charge in [0.25, 0.3) is 0 Å². The molecule has 0 unspecified atom stereocenters. The van der Waals surface area contributed by atoms with Crippen LogP contribution in [-0.2, 0) is 5.75 Å². The number of carboxylic acids is 1. The van der Waals surface area contributed by atoms with E-state index in [1.165, 1.54) is 11.8 Å². The summed E-state index contributed by atoms with van der Waals surface area (Å²) in [5, 5.41) is 21.7. The predicted octanol–water partition coefficient (Wildman–Crippen LogP) is 6.35. The first-order chi connectivity index (χ1) is 15.6. The maximum absolute atomic E-state index is 11.1. The molecule has 4 aromatic rings. The summed E-state index contributed by atoms with van der Waals surface area (Å²) in [5.74, 6) is 0.363. The maximum atomic E-state index is 11.1. The molecule has 0 aliphatic heterocycles. The van der Waals surface area contributed by atoms with Crippen LogP contribution in [0.5, 0.6) is 5.75 Å². The first-order valence-corrected chi connectivity index (χ1v) is 11.5. The predicted molar refractivity (Wildman–Crippen MR) is 127 cm³/mol. The molecule has 2 aromatic carbocycles. The van der Waals surface area contributed by atoms with Crippen LogP contribution >= 0.6 is 23.1 Å². The second-order valence-electron chi connectivity index (χ2n) is 6.84. The zero-order chi connectivity index (χ0) is 22.5. The lowest BCUT2D eigenvalue weighted by atomic mass is 10.0. The molecule has 0 saturated heterocycles. The van der Waals surface area contributed by atoms with Crippen LogP contribution in [0, 0.1) is 11.3 Å². The summed E-state index contributed by atoms with van der Waals surface area (Å²) >= 11 is 3.06. The number of thiophene rings is 1. The van der Waals surface area contributed by atoms with Gasteiger partial charge in [0.1, 0.15) is 16.8 Å². The van der Waals surface area contributed by atoms with E-state index in [4.69, 9.17) is 14.8 Å². The lowest BCUT2D eigenvalue weighted by Crippen LogP contribution is -1.97. The molecule has 1 N–H and O–H groups in total. The summed E-state index contributed by atoms with van der Waals surface area (Å²) in [6.45, 7) is 0. The number of thioether (sulfide) groups is 1. The van der Waals surface area contributed by atoms with E-state index in [-0.39, 0.29) is 5.56 Å². The molecule has 2 aromatic heterocycles. The number of benzene rings is 2. The highest BCUT2D eigenvalue weighted by atomic mass is 32.2. The minimum atomic E-state index is -0.953. The van der Waals surface area contributed by atoms with E-state index in [1.54, 1.807) is 42.7 Å². The van der Waals surface area contributed by atoms with Gasteiger partial charge in [0.05, 0.1) is 28.8 Å². The molecule has 0 amide bonds. The van der Waals surface area contributed by atoms with E-state index in [9.17, 15) is 10.1 Å². The van der Waals surface area contributed by atoms with Crippen molar-refractivity contribution in [2.45, 2.75) is 10.8 Å². The number of hydrogen-bond donors (Lipinski definition) is 1. The summed E-state index contributed by atoms with van der Waals surface area (Å²) in [6, 6.07) is 22.6. The first-order valence-electron chi connectivity index (χ1n) is 9.67. The molecular weight excluding hydrogens is 440 g/mol. The zero-order valence-corrected chi connectivity index (χ0v) is 18.7. The van der Waals surface area contributed by atoms with E-state index in [0.717, 1.165) is 33.0 Å². The second kappa shape index (κ2) is 9.69. The Labute approximate surface area is 194 Å². The third-order valence-corrected chi connectivity index (χ3v) is 6.79. The van der Waals surface area contributed by atoms with Crippen LogP contribution in [0.4, 0.5) is 0 Å². The van der Waals surface area contributed by atoms with E-state index in [0.29, 0.717) is 16.3 Å². The average molecular weight is 459 g/mol. The maximum Gasteiger partial charge on any atom is 0.335 e. The zero-order valence-electron chi connectivity index (χ0n) is 17.1. The molecule has 2 heterocycles. The Morgan fingerprint density at radius 3 is 2.50 bits per heavy atom. The van der Waals surface area contributed by atoms with E-state index in [2.05, 4.69) is 6.07 Å². The van der Waals surface area contributed by atoms with Crippen LogP contribution < -0.4 is 4.74 Å². The van der Waals surface area contributed by atoms with Gasteiger partial charge in [-0.1, -0.05) is 30.3 Å². The van der Waals surface area contributed by atoms with Gasteiger partial charge in [-0.15, -0.1) is 23.1 Å². The number of methoxy groups -OCH3 is 1. The summed E-state index contributed by atoms with van der Waals surface area (Å²) in [6.07, 6.45) is 0. The normalized spacial score (nSPS) is 10.5. The summed E-state index contributed by atoms with van der Waals surface area (Å²) < 4.78 is 5.26. The molecular formula is C25H18N2O3S2. The molecule has 158 valence electrons. The van der Waals surface area contributed by atoms with Crippen molar-refractivity contribution in [3.8, 4) is 33.5 Å². The fraction of sp³-hybridized carbons (Fsp3) is 0.0800. The van der Waals surface area contributed by atoms with Crippen molar-refractivity contribution < 1.29 is 14.6 Å². The second-order valence-corrected chi connectivity index (χ2v) is 8.76. The number of ether oxygens (including phenoxy) is 1. The van der Waals surface area contributed by atoms with Gasteiger partial charge in [0, 0.05) is 11.3 Å². The number of rotatable bonds is 7. The number of pyridine rings is 1. The van der Waals surface area contributed by atoms with Crippen molar-refractivity contribution in [3.63, 3.8) is 0 Å². The van der Waals surface area contributed by atoms with E-state index in [1.807, 2.05) is 47.8 Å². The third-order valence-electron chi connectivity index (χ3n) is 4.85. The minimum absolute atomic E-state index is 0.246. The Bertz CT molecular complexity index is 1280. The van der Waals surface area contributed by atoms with Gasteiger partial charge < -0.3 is 9.84 Å². The molecule has 0 spiro atoms. The fourth-order valence-corrected chi connectivity index (χ4v) is 4.82. The number of nitriles is 1. The van der Waals surface area contributed by atoms with Crippen LogP contribution in [-0.4, -0.2) is 23.2 Å². The molecule has 0 saturated carbocycles. The van der Waals surface area contributed by atoms with Crippen molar-refractivity contribution in [2.75, 3.05) is 7.11 Å². The lowest BCUT2D eigenvalue weighted by Gasteiger charge is -2.12. The standard InChI is InChI=1S/C25H18N2O3S2/c1-30-19-10-8-17(9-11-19)20-13-22(23-3-2-12-31-23)27-24(21(20)14-26)32-15-16-4-6-18(7-5-16)25(28)29/h2-13H,15H2,1H3,(H,28,29). The lowest BCUT2D eigenvalue weighted by molar-refractivity contribution is 0.0697. The molecule has 0 aliphatic carbocycles. The Morgan fingerprint density at radius 2 is 1.91 bits per heavy atom. The first kappa shape index (κ1) is 21.6. The fourth-order valence-electron chi connectivity index (χ4n) is 3.18. The molecule has 5 nitrogen and oxygen atoms in total. The molecule has 0 fully saturated rings. The highest BCUT2D eigenvalue weighted by molar-refractivity contribution is 7.98. The Morgan fingerprint density at radius 1 is 1.16 bits per heavy atom. The molecule has 4 rings (SSSR count). The number of nitrogens with zero attached hydrogens (tertiary/aromatic N) is 2. The topological polar surface area (TPSA) is 83.2 Å². The molecule has 0 atom stereocenters. The summed E-state index contributed by atoms with van der Waals surface area (Å²) in [7, 11) is 1.62. The largest absolute Gasteiger partial charge is 0.497 e. The number of carboxylic acid groups (broad SMARTS) is 1. The van der Waals surface area contributed by atoms with Crippen molar-refractivity contribution in [1.82, 2.24) is 4.98 Å².